The molecule has 0 radical (unpaired) electrons. The third kappa shape index (κ3) is 5.35. The van der Waals surface area contributed by atoms with Crippen molar-refractivity contribution in [3.8, 4) is 0 Å². The van der Waals surface area contributed by atoms with Gasteiger partial charge in [-0.15, -0.1) is 5.10 Å². The molecule has 0 aliphatic rings. The van der Waals surface area contributed by atoms with Gasteiger partial charge in [-0.25, -0.2) is 9.48 Å². The van der Waals surface area contributed by atoms with E-state index in [9.17, 15) is 14.7 Å². The van der Waals surface area contributed by atoms with Gasteiger partial charge in [-0.3, -0.25) is 10.1 Å². The number of nitrogens with one attached hydrogen (secondary N) is 2. The molecule has 1 unspecified atom stereocenters. The summed E-state index contributed by atoms with van der Waals surface area (Å²) in [4.78, 5) is 23.0. The normalized spacial score (nSPS) is 12.2. The second kappa shape index (κ2) is 7.59. The van der Waals surface area contributed by atoms with Crippen LogP contribution < -0.4 is 10.6 Å². The summed E-state index contributed by atoms with van der Waals surface area (Å²) >= 11 is 0. The molecule has 1 aromatic heterocycles. The maximum absolute atomic E-state index is 11.6. The summed E-state index contributed by atoms with van der Waals surface area (Å²) in [5.74, 6) is -0.182. The molecule has 0 bridgehead atoms. The second-order valence-electron chi connectivity index (χ2n) is 4.92. The van der Waals surface area contributed by atoms with Crippen LogP contribution >= 0.6 is 0 Å². The summed E-state index contributed by atoms with van der Waals surface area (Å²) in [7, 11) is 0. The van der Waals surface area contributed by atoms with Gasteiger partial charge >= 0.3 is 6.03 Å². The lowest BCUT2D eigenvalue weighted by atomic mass is 10.2. The zero-order valence-electron chi connectivity index (χ0n) is 12.0. The van der Waals surface area contributed by atoms with E-state index in [2.05, 4.69) is 20.9 Å². The van der Waals surface area contributed by atoms with Crippen molar-refractivity contribution in [1.29, 1.82) is 0 Å². The first-order valence-corrected chi connectivity index (χ1v) is 6.58. The minimum Gasteiger partial charge on any atom is -0.387 e. The zero-order valence-corrected chi connectivity index (χ0v) is 12.0. The highest BCUT2D eigenvalue weighted by Gasteiger charge is 2.13. The van der Waals surface area contributed by atoms with Crippen LogP contribution in [0.2, 0.25) is 0 Å². The van der Waals surface area contributed by atoms with Crippen molar-refractivity contribution in [2.45, 2.75) is 39.8 Å². The SMILES string of the molecule is CCC(O)c1cn(CC(=O)NC(=O)NCC(C)C)nn1. The van der Waals surface area contributed by atoms with Crippen molar-refractivity contribution in [3.05, 3.63) is 11.9 Å². The van der Waals surface area contributed by atoms with Gasteiger partial charge < -0.3 is 10.4 Å². The third-order valence-corrected chi connectivity index (χ3v) is 2.51. The van der Waals surface area contributed by atoms with Crippen molar-refractivity contribution in [2.75, 3.05) is 6.54 Å². The Morgan fingerprint density at radius 2 is 2.15 bits per heavy atom. The molecule has 8 nitrogen and oxygen atoms in total. The van der Waals surface area contributed by atoms with E-state index in [0.717, 1.165) is 0 Å². The van der Waals surface area contributed by atoms with Crippen LogP contribution in [0.15, 0.2) is 6.20 Å². The Labute approximate surface area is 117 Å². The van der Waals surface area contributed by atoms with Crippen molar-refractivity contribution in [2.24, 2.45) is 5.92 Å². The van der Waals surface area contributed by atoms with E-state index in [1.807, 2.05) is 20.8 Å². The summed E-state index contributed by atoms with van der Waals surface area (Å²) in [6.07, 6.45) is 1.31. The van der Waals surface area contributed by atoms with Crippen LogP contribution in [0.25, 0.3) is 0 Å². The maximum Gasteiger partial charge on any atom is 0.321 e. The number of urea groups is 1. The topological polar surface area (TPSA) is 109 Å². The summed E-state index contributed by atoms with van der Waals surface area (Å²) in [5.41, 5.74) is 0.407. The minimum absolute atomic E-state index is 0.126. The molecule has 1 atom stereocenters. The molecule has 0 saturated carbocycles. The molecule has 0 spiro atoms. The number of hydrogen-bond acceptors (Lipinski definition) is 5. The molecular formula is C12H21N5O3. The Balaban J connectivity index is 2.42. The Morgan fingerprint density at radius 3 is 2.75 bits per heavy atom. The largest absolute Gasteiger partial charge is 0.387 e. The lowest BCUT2D eigenvalue weighted by Gasteiger charge is -2.08. The molecule has 1 aromatic rings. The van der Waals surface area contributed by atoms with E-state index < -0.39 is 18.0 Å². The van der Waals surface area contributed by atoms with E-state index in [4.69, 9.17) is 0 Å². The molecule has 3 N–H and O–H groups in total. The number of amides is 3. The van der Waals surface area contributed by atoms with Gasteiger partial charge in [-0.2, -0.15) is 0 Å². The first-order chi connectivity index (χ1) is 9.42. The number of aliphatic hydroxyl groups excluding tert-OH is 1. The zero-order chi connectivity index (χ0) is 15.1. The van der Waals surface area contributed by atoms with Gasteiger partial charge in [0.15, 0.2) is 0 Å². The lowest BCUT2D eigenvalue weighted by molar-refractivity contribution is -0.120. The number of hydrogen-bond donors (Lipinski definition) is 3. The van der Waals surface area contributed by atoms with Crippen LogP contribution in [0.3, 0.4) is 0 Å². The molecule has 0 aliphatic heterocycles. The molecule has 20 heavy (non-hydrogen) atoms. The molecule has 0 aliphatic carbocycles. The fraction of sp³-hybridized carbons (Fsp3) is 0.667. The van der Waals surface area contributed by atoms with Crippen LogP contribution in [-0.4, -0.2) is 38.6 Å². The molecule has 1 rings (SSSR count). The van der Waals surface area contributed by atoms with Gasteiger partial charge in [0.25, 0.3) is 0 Å². The number of nitrogens with zero attached hydrogens (tertiary/aromatic N) is 3. The van der Waals surface area contributed by atoms with Crippen molar-refractivity contribution in [3.63, 3.8) is 0 Å². The first kappa shape index (κ1) is 16.1. The summed E-state index contributed by atoms with van der Waals surface area (Å²) in [6.45, 7) is 6.10. The Bertz CT molecular complexity index is 458. The molecule has 3 amide bonds. The number of carbonyl (C=O) groups excluding carboxylic acids is 2. The van der Waals surface area contributed by atoms with Crippen molar-refractivity contribution < 1.29 is 14.7 Å². The molecular weight excluding hydrogens is 262 g/mol. The van der Waals surface area contributed by atoms with E-state index >= 15 is 0 Å². The number of rotatable bonds is 6. The van der Waals surface area contributed by atoms with Gasteiger partial charge in [0.1, 0.15) is 12.2 Å². The quantitative estimate of drug-likeness (QED) is 0.691. The summed E-state index contributed by atoms with van der Waals surface area (Å²) in [6, 6.07) is -0.530. The molecule has 8 heteroatoms. The number of aliphatic hydroxyl groups is 1. The van der Waals surface area contributed by atoms with Crippen LogP contribution in [0.1, 0.15) is 39.0 Å². The summed E-state index contributed by atoms with van der Waals surface area (Å²) in [5, 5.41) is 21.8. The number of carbonyl (C=O) groups is 2. The second-order valence-corrected chi connectivity index (χ2v) is 4.92. The fourth-order valence-electron chi connectivity index (χ4n) is 1.41. The van der Waals surface area contributed by atoms with Crippen LogP contribution in [0.5, 0.6) is 0 Å². The summed E-state index contributed by atoms with van der Waals surface area (Å²) < 4.78 is 1.28. The highest BCUT2D eigenvalue weighted by Crippen LogP contribution is 2.11. The van der Waals surface area contributed by atoms with Crippen LogP contribution in [0, 0.1) is 5.92 Å². The number of imide groups is 1. The van der Waals surface area contributed by atoms with E-state index in [1.165, 1.54) is 10.9 Å². The maximum atomic E-state index is 11.6. The van der Waals surface area contributed by atoms with Gasteiger partial charge in [-0.05, 0) is 12.3 Å². The molecule has 1 heterocycles. The Kier molecular flexibility index (Phi) is 6.10. The lowest BCUT2D eigenvalue weighted by Crippen LogP contribution is -2.42. The fourth-order valence-corrected chi connectivity index (χ4v) is 1.41. The van der Waals surface area contributed by atoms with Crippen molar-refractivity contribution >= 4 is 11.9 Å². The smallest absolute Gasteiger partial charge is 0.321 e. The minimum atomic E-state index is -0.693. The average molecular weight is 283 g/mol. The van der Waals surface area contributed by atoms with Crippen LogP contribution in [-0.2, 0) is 11.3 Å². The highest BCUT2D eigenvalue weighted by molar-refractivity contribution is 5.94. The van der Waals surface area contributed by atoms with Gasteiger partial charge in [0.05, 0.1) is 12.3 Å². The predicted octanol–water partition coefficient (Wildman–Crippen LogP) is 0.203. The average Bonchev–Trinajstić information content (AvgIpc) is 2.83. The van der Waals surface area contributed by atoms with Crippen molar-refractivity contribution in [1.82, 2.24) is 25.6 Å². The van der Waals surface area contributed by atoms with E-state index in [1.54, 1.807) is 0 Å². The van der Waals surface area contributed by atoms with E-state index in [-0.39, 0.29) is 6.54 Å². The van der Waals surface area contributed by atoms with E-state index in [0.29, 0.717) is 24.6 Å². The number of aromatic nitrogens is 3. The molecule has 0 fully saturated rings. The monoisotopic (exact) mass is 283 g/mol. The predicted molar refractivity (Wildman–Crippen MR) is 71.7 cm³/mol. The molecule has 0 saturated heterocycles. The van der Waals surface area contributed by atoms with Crippen LogP contribution in [0.4, 0.5) is 4.79 Å². The van der Waals surface area contributed by atoms with Gasteiger partial charge in [0.2, 0.25) is 5.91 Å². The molecule has 0 aromatic carbocycles. The van der Waals surface area contributed by atoms with Gasteiger partial charge in [-0.1, -0.05) is 26.0 Å². The Morgan fingerprint density at radius 1 is 1.45 bits per heavy atom. The standard InChI is InChI=1S/C12H21N5O3/c1-4-10(18)9-6-17(16-15-9)7-11(19)14-12(20)13-5-8(2)3/h6,8,10,18H,4-5,7H2,1-3H3,(H2,13,14,19,20). The first-order valence-electron chi connectivity index (χ1n) is 6.58. The highest BCUT2D eigenvalue weighted by atomic mass is 16.3. The Hall–Kier alpha value is -1.96. The molecule has 112 valence electrons. The third-order valence-electron chi connectivity index (χ3n) is 2.51. The van der Waals surface area contributed by atoms with Gasteiger partial charge in [0, 0.05) is 6.54 Å².